The number of aromatic nitrogens is 4. The van der Waals surface area contributed by atoms with E-state index in [2.05, 4.69) is 20.2 Å². The highest BCUT2D eigenvalue weighted by Gasteiger charge is 1.97. The van der Waals surface area contributed by atoms with Crippen LogP contribution in [0.25, 0.3) is 10.9 Å². The first kappa shape index (κ1) is 6.71. The fourth-order valence-electron chi connectivity index (χ4n) is 0.906. The van der Waals surface area contributed by atoms with Gasteiger partial charge in [-0.1, -0.05) is 0 Å². The summed E-state index contributed by atoms with van der Waals surface area (Å²) in [7, 11) is 0. The zero-order valence-corrected chi connectivity index (χ0v) is 5.87. The maximum Gasteiger partial charge on any atom is 0.345 e. The van der Waals surface area contributed by atoms with E-state index in [4.69, 9.17) is 0 Å². The van der Waals surface area contributed by atoms with Crippen molar-refractivity contribution in [3.8, 4) is 0 Å². The Labute approximate surface area is 65.3 Å². The molecule has 2 aromatic heterocycles. The molecule has 0 atom stereocenters. The van der Waals surface area contributed by atoms with Gasteiger partial charge in [-0.05, 0) is 0 Å². The highest BCUT2D eigenvalue weighted by atomic mass is 16.1. The second-order valence-corrected chi connectivity index (χ2v) is 2.21. The molecule has 0 aromatic carbocycles. The highest BCUT2D eigenvalue weighted by molar-refractivity contribution is 5.74. The summed E-state index contributed by atoms with van der Waals surface area (Å²) in [5.74, 6) is 0. The van der Waals surface area contributed by atoms with Crippen molar-refractivity contribution in [3.63, 3.8) is 0 Å². The molecule has 0 saturated heterocycles. The largest absolute Gasteiger partial charge is 0.345 e. The Kier molecular flexibility index (Phi) is 1.26. The molecule has 6 heteroatoms. The Balaban J connectivity index is 3.06. The first-order valence-corrected chi connectivity index (χ1v) is 3.20. The molecule has 60 valence electrons. The van der Waals surface area contributed by atoms with Gasteiger partial charge in [0.1, 0.15) is 0 Å². The van der Waals surface area contributed by atoms with E-state index in [-0.39, 0.29) is 5.56 Å². The molecular weight excluding hydrogens is 160 g/mol. The molecular formula is C6H4N4O2. The molecule has 0 amide bonds. The van der Waals surface area contributed by atoms with Crippen molar-refractivity contribution in [1.29, 1.82) is 0 Å². The zero-order chi connectivity index (χ0) is 8.55. The molecule has 0 spiro atoms. The Morgan fingerprint density at radius 1 is 1.25 bits per heavy atom. The van der Waals surface area contributed by atoms with E-state index < -0.39 is 5.69 Å². The first-order valence-electron chi connectivity index (χ1n) is 3.20. The van der Waals surface area contributed by atoms with Crippen LogP contribution in [-0.4, -0.2) is 20.2 Å². The topological polar surface area (TPSA) is 91.5 Å². The van der Waals surface area contributed by atoms with Crippen LogP contribution in [0.2, 0.25) is 0 Å². The Hall–Kier alpha value is -1.98. The van der Waals surface area contributed by atoms with E-state index in [0.717, 1.165) is 0 Å². The number of rotatable bonds is 0. The number of hydrogen-bond donors (Lipinski definition) is 2. The second kappa shape index (κ2) is 2.26. The van der Waals surface area contributed by atoms with Crippen LogP contribution >= 0.6 is 0 Å². The average molecular weight is 164 g/mol. The molecule has 2 N–H and O–H groups in total. The van der Waals surface area contributed by atoms with Gasteiger partial charge >= 0.3 is 5.69 Å². The number of nitrogens with one attached hydrogen (secondary N) is 2. The van der Waals surface area contributed by atoms with Crippen LogP contribution in [0.4, 0.5) is 0 Å². The lowest BCUT2D eigenvalue weighted by atomic mass is 10.4. The van der Waals surface area contributed by atoms with Crippen LogP contribution in [-0.2, 0) is 0 Å². The highest BCUT2D eigenvalue weighted by Crippen LogP contribution is 1.95. The molecule has 0 saturated carbocycles. The van der Waals surface area contributed by atoms with E-state index in [1.807, 2.05) is 0 Å². The summed E-state index contributed by atoms with van der Waals surface area (Å²) in [6.07, 6.45) is 2.58. The van der Waals surface area contributed by atoms with Gasteiger partial charge < -0.3 is 4.98 Å². The van der Waals surface area contributed by atoms with Crippen molar-refractivity contribution in [2.75, 3.05) is 0 Å². The summed E-state index contributed by atoms with van der Waals surface area (Å²) in [6.45, 7) is 0. The summed E-state index contributed by atoms with van der Waals surface area (Å²) < 4.78 is 0. The lowest BCUT2D eigenvalue weighted by molar-refractivity contribution is 0.991. The minimum atomic E-state index is -0.491. The summed E-state index contributed by atoms with van der Waals surface area (Å²) in [4.78, 5) is 27.5. The smallest absolute Gasteiger partial charge is 0.304 e. The number of H-pyrrole nitrogens is 2. The molecule has 6 nitrogen and oxygen atoms in total. The molecule has 0 aliphatic carbocycles. The number of aromatic amines is 2. The SMILES string of the molecule is O=c1ncc2c(=O)[nH]ncc2[nH]1. The van der Waals surface area contributed by atoms with Crippen LogP contribution in [0.15, 0.2) is 22.0 Å². The molecule has 2 aromatic rings. The minimum Gasteiger partial charge on any atom is -0.304 e. The molecule has 0 bridgehead atoms. The minimum absolute atomic E-state index is 0.324. The molecule has 0 fully saturated rings. The molecule has 0 aliphatic rings. The lowest BCUT2D eigenvalue weighted by Crippen LogP contribution is -2.15. The quantitative estimate of drug-likeness (QED) is 0.522. The standard InChI is InChI=1S/C6H4N4O2/c11-5-3-1-7-6(12)9-4(3)2-8-10-5/h1-2H,(H,10,11)(H,7,9,12). The first-order chi connectivity index (χ1) is 5.77. The molecule has 0 unspecified atom stereocenters. The third kappa shape index (κ3) is 0.895. The normalized spacial score (nSPS) is 10.3. The van der Waals surface area contributed by atoms with Crippen molar-refractivity contribution in [1.82, 2.24) is 20.2 Å². The monoisotopic (exact) mass is 164 g/mol. The Morgan fingerprint density at radius 2 is 2.08 bits per heavy atom. The summed E-state index contributed by atoms with van der Waals surface area (Å²) >= 11 is 0. The van der Waals surface area contributed by atoms with Crippen LogP contribution < -0.4 is 11.2 Å². The number of hydrogen-bond acceptors (Lipinski definition) is 4. The van der Waals surface area contributed by atoms with E-state index in [9.17, 15) is 9.59 Å². The van der Waals surface area contributed by atoms with Crippen LogP contribution in [0.5, 0.6) is 0 Å². The van der Waals surface area contributed by atoms with Crippen molar-refractivity contribution >= 4 is 10.9 Å². The predicted octanol–water partition coefficient (Wildman–Crippen LogP) is -0.994. The van der Waals surface area contributed by atoms with Gasteiger partial charge in [-0.15, -0.1) is 0 Å². The average Bonchev–Trinajstić information content (AvgIpc) is 2.04. The van der Waals surface area contributed by atoms with E-state index in [1.165, 1.54) is 12.4 Å². The van der Waals surface area contributed by atoms with Gasteiger partial charge in [-0.25, -0.2) is 14.9 Å². The Bertz CT molecular complexity index is 527. The van der Waals surface area contributed by atoms with Gasteiger partial charge in [0.05, 0.1) is 17.1 Å². The third-order valence-corrected chi connectivity index (χ3v) is 1.45. The third-order valence-electron chi connectivity index (χ3n) is 1.45. The number of nitrogens with zero attached hydrogens (tertiary/aromatic N) is 2. The van der Waals surface area contributed by atoms with Crippen molar-refractivity contribution in [3.05, 3.63) is 33.2 Å². The van der Waals surface area contributed by atoms with Crippen molar-refractivity contribution in [2.45, 2.75) is 0 Å². The molecule has 12 heavy (non-hydrogen) atoms. The molecule has 2 rings (SSSR count). The molecule has 2 heterocycles. The van der Waals surface area contributed by atoms with Gasteiger partial charge in [0.15, 0.2) is 0 Å². The van der Waals surface area contributed by atoms with Crippen LogP contribution in [0.1, 0.15) is 0 Å². The summed E-state index contributed by atoms with van der Waals surface area (Å²) in [5, 5.41) is 6.07. The van der Waals surface area contributed by atoms with Gasteiger partial charge in [-0.2, -0.15) is 5.10 Å². The maximum absolute atomic E-state index is 11.0. The Morgan fingerprint density at radius 3 is 2.92 bits per heavy atom. The zero-order valence-electron chi connectivity index (χ0n) is 5.87. The van der Waals surface area contributed by atoms with E-state index >= 15 is 0 Å². The van der Waals surface area contributed by atoms with E-state index in [0.29, 0.717) is 10.9 Å². The van der Waals surface area contributed by atoms with Gasteiger partial charge in [0.25, 0.3) is 5.56 Å². The summed E-state index contributed by atoms with van der Waals surface area (Å²) in [5.41, 5.74) is -0.468. The fraction of sp³-hybridized carbons (Fsp3) is 0. The van der Waals surface area contributed by atoms with Crippen molar-refractivity contribution in [2.24, 2.45) is 0 Å². The van der Waals surface area contributed by atoms with Crippen LogP contribution in [0, 0.1) is 0 Å². The number of fused-ring (bicyclic) bond motifs is 1. The van der Waals surface area contributed by atoms with Crippen molar-refractivity contribution < 1.29 is 0 Å². The summed E-state index contributed by atoms with van der Waals surface area (Å²) in [6, 6.07) is 0. The molecule has 0 radical (unpaired) electrons. The maximum atomic E-state index is 11.0. The lowest BCUT2D eigenvalue weighted by Gasteiger charge is -1.91. The van der Waals surface area contributed by atoms with Gasteiger partial charge in [0, 0.05) is 6.20 Å². The van der Waals surface area contributed by atoms with Gasteiger partial charge in [-0.3, -0.25) is 4.79 Å². The van der Waals surface area contributed by atoms with E-state index in [1.54, 1.807) is 0 Å². The van der Waals surface area contributed by atoms with Gasteiger partial charge in [0.2, 0.25) is 0 Å². The van der Waals surface area contributed by atoms with Crippen LogP contribution in [0.3, 0.4) is 0 Å². The molecule has 0 aliphatic heterocycles. The fourth-order valence-corrected chi connectivity index (χ4v) is 0.906. The predicted molar refractivity (Wildman–Crippen MR) is 40.8 cm³/mol. The second-order valence-electron chi connectivity index (χ2n) is 2.21.